The van der Waals surface area contributed by atoms with Crippen LogP contribution in [0.25, 0.3) is 0 Å². The van der Waals surface area contributed by atoms with Crippen LogP contribution < -0.4 is 0 Å². The van der Waals surface area contributed by atoms with E-state index in [1.54, 1.807) is 11.0 Å². The highest BCUT2D eigenvalue weighted by Gasteiger charge is 2.24. The number of benzene rings is 1. The van der Waals surface area contributed by atoms with Crippen molar-refractivity contribution >= 4 is 23.2 Å². The second kappa shape index (κ2) is 7.75. The lowest BCUT2D eigenvalue weighted by molar-refractivity contribution is -0.140. The van der Waals surface area contributed by atoms with Crippen molar-refractivity contribution in [1.29, 1.82) is 0 Å². The lowest BCUT2D eigenvalue weighted by Gasteiger charge is -2.29. The largest absolute Gasteiger partial charge is 0.469 e. The molecule has 0 aliphatic rings. The summed E-state index contributed by atoms with van der Waals surface area (Å²) in [5, 5.41) is 1.87. The molecule has 2 rings (SSSR count). The van der Waals surface area contributed by atoms with Crippen molar-refractivity contribution in [2.24, 2.45) is 0 Å². The molecule has 0 aliphatic heterocycles. The van der Waals surface area contributed by atoms with E-state index < -0.39 is 0 Å². The van der Waals surface area contributed by atoms with Crippen LogP contribution in [0, 0.1) is 0 Å². The fourth-order valence-corrected chi connectivity index (χ4v) is 2.92. The zero-order chi connectivity index (χ0) is 15.9. The summed E-state index contributed by atoms with van der Waals surface area (Å²) in [6, 6.07) is 13.3. The summed E-state index contributed by atoms with van der Waals surface area (Å²) in [5.74, 6) is -0.375. The fourth-order valence-electron chi connectivity index (χ4n) is 2.24. The van der Waals surface area contributed by atoms with Gasteiger partial charge in [0.25, 0.3) is 5.91 Å². The molecule has 0 bridgehead atoms. The van der Waals surface area contributed by atoms with E-state index in [1.807, 2.05) is 48.7 Å². The van der Waals surface area contributed by atoms with Crippen molar-refractivity contribution in [2.45, 2.75) is 19.4 Å². The lowest BCUT2D eigenvalue weighted by atomic mass is 10.1. The Morgan fingerprint density at radius 1 is 1.18 bits per heavy atom. The zero-order valence-electron chi connectivity index (χ0n) is 12.7. The topological polar surface area (TPSA) is 46.6 Å². The predicted molar refractivity (Wildman–Crippen MR) is 86.8 cm³/mol. The van der Waals surface area contributed by atoms with E-state index in [0.717, 1.165) is 5.56 Å². The fraction of sp³-hybridized carbons (Fsp3) is 0.294. The minimum absolute atomic E-state index is 0.0599. The van der Waals surface area contributed by atoms with Gasteiger partial charge in [-0.25, -0.2) is 0 Å². The third kappa shape index (κ3) is 3.95. The van der Waals surface area contributed by atoms with E-state index in [1.165, 1.54) is 18.4 Å². The van der Waals surface area contributed by atoms with Crippen LogP contribution in [0.5, 0.6) is 0 Å². The van der Waals surface area contributed by atoms with Crippen molar-refractivity contribution in [3.63, 3.8) is 0 Å². The zero-order valence-corrected chi connectivity index (χ0v) is 13.5. The molecule has 0 aliphatic carbocycles. The van der Waals surface area contributed by atoms with Crippen molar-refractivity contribution in [1.82, 2.24) is 4.90 Å². The predicted octanol–water partition coefficient (Wildman–Crippen LogP) is 3.51. The van der Waals surface area contributed by atoms with Gasteiger partial charge in [-0.05, 0) is 23.9 Å². The average molecular weight is 317 g/mol. The van der Waals surface area contributed by atoms with Gasteiger partial charge in [-0.2, -0.15) is 0 Å². The second-order valence-corrected chi connectivity index (χ2v) is 5.84. The first-order valence-corrected chi connectivity index (χ1v) is 7.97. The average Bonchev–Trinajstić information content (AvgIpc) is 3.09. The van der Waals surface area contributed by atoms with Crippen LogP contribution in [0.3, 0.4) is 0 Å². The van der Waals surface area contributed by atoms with Gasteiger partial charge in [0.1, 0.15) is 0 Å². The number of hydrogen-bond acceptors (Lipinski definition) is 4. The van der Waals surface area contributed by atoms with Crippen LogP contribution in [-0.4, -0.2) is 30.4 Å². The Balaban J connectivity index is 2.20. The first-order chi connectivity index (χ1) is 10.6. The molecule has 0 saturated carbocycles. The smallest absolute Gasteiger partial charge is 0.307 e. The number of amides is 1. The molecule has 0 fully saturated rings. The van der Waals surface area contributed by atoms with Gasteiger partial charge in [-0.1, -0.05) is 36.4 Å². The Kier molecular flexibility index (Phi) is 5.72. The number of hydrogen-bond donors (Lipinski definition) is 0. The van der Waals surface area contributed by atoms with E-state index in [9.17, 15) is 9.59 Å². The number of carbonyl (C=O) groups excluding carboxylic acids is 2. The Hall–Kier alpha value is -2.14. The summed E-state index contributed by atoms with van der Waals surface area (Å²) in [6.07, 6.45) is 0.185. The summed E-state index contributed by atoms with van der Waals surface area (Å²) in [7, 11) is 1.36. The van der Waals surface area contributed by atoms with Gasteiger partial charge in [0, 0.05) is 6.54 Å². The number of nitrogens with zero attached hydrogens (tertiary/aromatic N) is 1. The molecule has 0 spiro atoms. The number of esters is 1. The highest BCUT2D eigenvalue weighted by Crippen LogP contribution is 2.24. The Bertz CT molecular complexity index is 610. The van der Waals surface area contributed by atoms with E-state index in [2.05, 4.69) is 4.74 Å². The molecule has 1 aromatic heterocycles. The number of rotatable bonds is 6. The minimum atomic E-state index is -0.316. The summed E-state index contributed by atoms with van der Waals surface area (Å²) in [5.41, 5.74) is 1.04. The maximum Gasteiger partial charge on any atom is 0.307 e. The monoisotopic (exact) mass is 317 g/mol. The molecular formula is C17H19NO3S. The highest BCUT2D eigenvalue weighted by molar-refractivity contribution is 7.12. The van der Waals surface area contributed by atoms with Gasteiger partial charge < -0.3 is 9.64 Å². The van der Waals surface area contributed by atoms with Gasteiger partial charge in [-0.15, -0.1) is 11.3 Å². The molecular weight excluding hydrogens is 298 g/mol. The van der Waals surface area contributed by atoms with Crippen LogP contribution in [0.15, 0.2) is 47.8 Å². The Morgan fingerprint density at radius 3 is 2.50 bits per heavy atom. The molecule has 0 radical (unpaired) electrons. The molecule has 5 heteroatoms. The molecule has 0 N–H and O–H groups in total. The van der Waals surface area contributed by atoms with E-state index >= 15 is 0 Å². The summed E-state index contributed by atoms with van der Waals surface area (Å²) >= 11 is 1.40. The molecule has 1 atom stereocenters. The maximum atomic E-state index is 12.7. The molecule has 116 valence electrons. The number of ether oxygens (including phenoxy) is 1. The van der Waals surface area contributed by atoms with Crippen molar-refractivity contribution in [2.75, 3.05) is 13.7 Å². The summed E-state index contributed by atoms with van der Waals surface area (Å²) < 4.78 is 4.68. The van der Waals surface area contributed by atoms with Crippen LogP contribution in [0.2, 0.25) is 0 Å². The molecule has 1 heterocycles. The van der Waals surface area contributed by atoms with E-state index in [0.29, 0.717) is 11.4 Å². The minimum Gasteiger partial charge on any atom is -0.469 e. The van der Waals surface area contributed by atoms with Gasteiger partial charge in [0.05, 0.1) is 24.4 Å². The normalized spacial score (nSPS) is 11.7. The van der Waals surface area contributed by atoms with Crippen LogP contribution >= 0.6 is 11.3 Å². The van der Waals surface area contributed by atoms with Crippen molar-refractivity contribution < 1.29 is 14.3 Å². The van der Waals surface area contributed by atoms with E-state index in [-0.39, 0.29) is 24.3 Å². The van der Waals surface area contributed by atoms with Crippen molar-refractivity contribution in [3.05, 3.63) is 58.3 Å². The molecule has 4 nitrogen and oxygen atoms in total. The van der Waals surface area contributed by atoms with Gasteiger partial charge in [0.15, 0.2) is 0 Å². The first-order valence-electron chi connectivity index (χ1n) is 7.09. The summed E-state index contributed by atoms with van der Waals surface area (Å²) in [6.45, 7) is 2.30. The molecule has 1 amide bonds. The number of carbonyl (C=O) groups is 2. The molecule has 2 aromatic rings. The van der Waals surface area contributed by atoms with E-state index in [4.69, 9.17) is 0 Å². The number of methoxy groups -OCH3 is 1. The Labute approximate surface area is 134 Å². The van der Waals surface area contributed by atoms with Crippen molar-refractivity contribution in [3.8, 4) is 0 Å². The third-order valence-corrected chi connectivity index (χ3v) is 4.38. The van der Waals surface area contributed by atoms with Gasteiger partial charge >= 0.3 is 5.97 Å². The molecule has 0 saturated heterocycles. The quantitative estimate of drug-likeness (QED) is 0.766. The van der Waals surface area contributed by atoms with Gasteiger partial charge in [-0.3, -0.25) is 9.59 Å². The van der Waals surface area contributed by atoms with Crippen LogP contribution in [0.1, 0.15) is 34.6 Å². The second-order valence-electron chi connectivity index (χ2n) is 4.89. The lowest BCUT2D eigenvalue weighted by Crippen LogP contribution is -2.35. The highest BCUT2D eigenvalue weighted by atomic mass is 32.1. The standard InChI is InChI=1S/C17H19NO3S/c1-13(14-7-4-3-5-8-14)18(11-10-16(19)21-2)17(20)15-9-6-12-22-15/h3-9,12-13H,10-11H2,1-2H3. The summed E-state index contributed by atoms with van der Waals surface area (Å²) in [4.78, 5) is 26.5. The van der Waals surface area contributed by atoms with Gasteiger partial charge in [0.2, 0.25) is 0 Å². The first kappa shape index (κ1) is 16.2. The third-order valence-electron chi connectivity index (χ3n) is 3.53. The molecule has 22 heavy (non-hydrogen) atoms. The molecule has 1 unspecified atom stereocenters. The molecule has 1 aromatic carbocycles. The SMILES string of the molecule is COC(=O)CCN(C(=O)c1cccs1)C(C)c1ccccc1. The van der Waals surface area contributed by atoms with Crippen LogP contribution in [-0.2, 0) is 9.53 Å². The number of thiophene rings is 1. The van der Waals surface area contributed by atoms with Crippen LogP contribution in [0.4, 0.5) is 0 Å². The Morgan fingerprint density at radius 2 is 1.91 bits per heavy atom. The maximum absolute atomic E-state index is 12.7.